The second-order valence-corrected chi connectivity index (χ2v) is 4.90. The van der Waals surface area contributed by atoms with Gasteiger partial charge in [0.05, 0.1) is 5.56 Å². The van der Waals surface area contributed by atoms with Crippen LogP contribution in [0.4, 0.5) is 11.6 Å². The number of nitrogens with one attached hydrogen (secondary N) is 2. The quantitative estimate of drug-likeness (QED) is 0.800. The fourth-order valence-corrected chi connectivity index (χ4v) is 1.76. The lowest BCUT2D eigenvalue weighted by Gasteiger charge is -2.06. The van der Waals surface area contributed by atoms with E-state index in [0.717, 1.165) is 18.5 Å². The van der Waals surface area contributed by atoms with Crippen molar-refractivity contribution in [3.8, 4) is 0 Å². The zero-order valence-electron chi connectivity index (χ0n) is 12.4. The van der Waals surface area contributed by atoms with E-state index >= 15 is 0 Å². The van der Waals surface area contributed by atoms with Crippen LogP contribution in [0.1, 0.15) is 35.7 Å². The van der Waals surface area contributed by atoms with Crippen LogP contribution in [0.2, 0.25) is 0 Å². The van der Waals surface area contributed by atoms with Crippen LogP contribution in [0, 0.1) is 6.92 Å². The predicted octanol–water partition coefficient (Wildman–Crippen LogP) is 3.06. The van der Waals surface area contributed by atoms with E-state index in [2.05, 4.69) is 27.5 Å². The molecule has 2 N–H and O–H groups in total. The van der Waals surface area contributed by atoms with E-state index in [1.807, 2.05) is 31.2 Å². The summed E-state index contributed by atoms with van der Waals surface area (Å²) < 4.78 is 0. The van der Waals surface area contributed by atoms with Crippen LogP contribution in [-0.2, 0) is 0 Å². The first-order valence-corrected chi connectivity index (χ1v) is 7.13. The van der Waals surface area contributed by atoms with E-state index in [0.29, 0.717) is 18.1 Å². The molecule has 1 amide bonds. The van der Waals surface area contributed by atoms with Crippen LogP contribution in [-0.4, -0.2) is 22.4 Å². The number of carbonyl (C=O) groups is 1. The molecule has 110 valence electrons. The van der Waals surface area contributed by atoms with Crippen LogP contribution >= 0.6 is 0 Å². The zero-order chi connectivity index (χ0) is 15.1. The monoisotopic (exact) mass is 284 g/mol. The molecule has 0 fully saturated rings. The van der Waals surface area contributed by atoms with Crippen molar-refractivity contribution >= 4 is 17.5 Å². The summed E-state index contributed by atoms with van der Waals surface area (Å²) in [6, 6.07) is 7.95. The number of aromatic nitrogens is 2. The van der Waals surface area contributed by atoms with Gasteiger partial charge in [-0.05, 0) is 25.5 Å². The molecule has 0 atom stereocenters. The number of hydrogen-bond acceptors (Lipinski definition) is 4. The molecular formula is C16H20N4O. The Balaban J connectivity index is 1.95. The number of rotatable bonds is 6. The third-order valence-electron chi connectivity index (χ3n) is 3.04. The number of amides is 1. The SMILES string of the molecule is CCCCNC(=O)c1cnc(Nc2ccc(C)cc2)nc1. The van der Waals surface area contributed by atoms with E-state index in [-0.39, 0.29) is 5.91 Å². The van der Waals surface area contributed by atoms with Crippen molar-refractivity contribution in [1.82, 2.24) is 15.3 Å². The molecule has 5 heteroatoms. The van der Waals surface area contributed by atoms with E-state index in [4.69, 9.17) is 0 Å². The van der Waals surface area contributed by atoms with Crippen molar-refractivity contribution in [2.24, 2.45) is 0 Å². The Morgan fingerprint density at radius 1 is 1.14 bits per heavy atom. The van der Waals surface area contributed by atoms with Crippen LogP contribution in [0.3, 0.4) is 0 Å². The topological polar surface area (TPSA) is 66.9 Å². The number of nitrogens with zero attached hydrogens (tertiary/aromatic N) is 2. The molecule has 0 saturated carbocycles. The summed E-state index contributed by atoms with van der Waals surface area (Å²) in [5.74, 6) is 0.342. The summed E-state index contributed by atoms with van der Waals surface area (Å²) >= 11 is 0. The Bertz CT molecular complexity index is 578. The Hall–Kier alpha value is -2.43. The van der Waals surface area contributed by atoms with Gasteiger partial charge in [0.1, 0.15) is 0 Å². The Morgan fingerprint density at radius 3 is 2.43 bits per heavy atom. The van der Waals surface area contributed by atoms with Gasteiger partial charge in [-0.15, -0.1) is 0 Å². The molecule has 1 heterocycles. The van der Waals surface area contributed by atoms with Gasteiger partial charge in [-0.1, -0.05) is 31.0 Å². The normalized spacial score (nSPS) is 10.2. The predicted molar refractivity (Wildman–Crippen MR) is 83.7 cm³/mol. The fraction of sp³-hybridized carbons (Fsp3) is 0.312. The fourth-order valence-electron chi connectivity index (χ4n) is 1.76. The summed E-state index contributed by atoms with van der Waals surface area (Å²) in [5, 5.41) is 5.93. The summed E-state index contributed by atoms with van der Waals surface area (Å²) in [7, 11) is 0. The van der Waals surface area contributed by atoms with Crippen LogP contribution in [0.5, 0.6) is 0 Å². The van der Waals surface area contributed by atoms with Gasteiger partial charge in [0.25, 0.3) is 5.91 Å². The minimum Gasteiger partial charge on any atom is -0.352 e. The van der Waals surface area contributed by atoms with Gasteiger partial charge in [-0.25, -0.2) is 9.97 Å². The molecule has 0 radical (unpaired) electrons. The highest BCUT2D eigenvalue weighted by molar-refractivity contribution is 5.93. The minimum atomic E-state index is -0.134. The van der Waals surface area contributed by atoms with Crippen molar-refractivity contribution in [1.29, 1.82) is 0 Å². The lowest BCUT2D eigenvalue weighted by atomic mass is 10.2. The van der Waals surface area contributed by atoms with Crippen molar-refractivity contribution in [2.75, 3.05) is 11.9 Å². The Morgan fingerprint density at radius 2 is 1.81 bits per heavy atom. The van der Waals surface area contributed by atoms with E-state index in [9.17, 15) is 4.79 Å². The standard InChI is InChI=1S/C16H20N4O/c1-3-4-9-17-15(21)13-10-18-16(19-11-13)20-14-7-5-12(2)6-8-14/h5-8,10-11H,3-4,9H2,1-2H3,(H,17,21)(H,18,19,20). The zero-order valence-corrected chi connectivity index (χ0v) is 12.4. The first-order valence-electron chi connectivity index (χ1n) is 7.13. The van der Waals surface area contributed by atoms with Crippen molar-refractivity contribution in [3.63, 3.8) is 0 Å². The third-order valence-corrected chi connectivity index (χ3v) is 3.04. The van der Waals surface area contributed by atoms with Crippen LogP contribution < -0.4 is 10.6 Å². The first kappa shape index (κ1) is 15.0. The van der Waals surface area contributed by atoms with E-state index in [1.54, 1.807) is 0 Å². The number of benzene rings is 1. The highest BCUT2D eigenvalue weighted by Crippen LogP contribution is 2.13. The Labute approximate surface area is 124 Å². The summed E-state index contributed by atoms with van der Waals surface area (Å²) in [5.41, 5.74) is 2.59. The summed E-state index contributed by atoms with van der Waals surface area (Å²) in [6.45, 7) is 4.80. The van der Waals surface area contributed by atoms with Gasteiger partial charge < -0.3 is 10.6 Å². The molecule has 0 aliphatic carbocycles. The molecular weight excluding hydrogens is 264 g/mol. The number of hydrogen-bond donors (Lipinski definition) is 2. The molecule has 0 bridgehead atoms. The average Bonchev–Trinajstić information content (AvgIpc) is 2.50. The smallest absolute Gasteiger partial charge is 0.254 e. The molecule has 5 nitrogen and oxygen atoms in total. The number of aryl methyl sites for hydroxylation is 1. The van der Waals surface area contributed by atoms with Crippen LogP contribution in [0.25, 0.3) is 0 Å². The molecule has 1 aromatic carbocycles. The molecule has 0 aliphatic heterocycles. The lowest BCUT2D eigenvalue weighted by Crippen LogP contribution is -2.24. The molecule has 2 aromatic rings. The molecule has 21 heavy (non-hydrogen) atoms. The minimum absolute atomic E-state index is 0.134. The maximum Gasteiger partial charge on any atom is 0.254 e. The maximum atomic E-state index is 11.8. The van der Waals surface area contributed by atoms with Gasteiger partial charge in [-0.3, -0.25) is 4.79 Å². The van der Waals surface area contributed by atoms with E-state index < -0.39 is 0 Å². The summed E-state index contributed by atoms with van der Waals surface area (Å²) in [4.78, 5) is 20.1. The largest absolute Gasteiger partial charge is 0.352 e. The molecule has 2 rings (SSSR count). The first-order chi connectivity index (χ1) is 10.2. The van der Waals surface area contributed by atoms with Gasteiger partial charge in [0.2, 0.25) is 5.95 Å². The maximum absolute atomic E-state index is 11.8. The second kappa shape index (κ2) is 7.38. The van der Waals surface area contributed by atoms with Gasteiger partial charge >= 0.3 is 0 Å². The highest BCUT2D eigenvalue weighted by atomic mass is 16.1. The van der Waals surface area contributed by atoms with Crippen molar-refractivity contribution in [2.45, 2.75) is 26.7 Å². The van der Waals surface area contributed by atoms with Crippen molar-refractivity contribution in [3.05, 3.63) is 47.8 Å². The Kier molecular flexibility index (Phi) is 5.26. The van der Waals surface area contributed by atoms with Crippen molar-refractivity contribution < 1.29 is 4.79 Å². The molecule has 0 unspecified atom stereocenters. The lowest BCUT2D eigenvalue weighted by molar-refractivity contribution is 0.0952. The number of anilines is 2. The second-order valence-electron chi connectivity index (χ2n) is 4.90. The molecule has 0 aliphatic rings. The molecule has 0 spiro atoms. The average molecular weight is 284 g/mol. The number of unbranched alkanes of at least 4 members (excludes halogenated alkanes) is 1. The number of carbonyl (C=O) groups excluding carboxylic acids is 1. The molecule has 0 saturated heterocycles. The van der Waals surface area contributed by atoms with Gasteiger partial charge in [0, 0.05) is 24.6 Å². The van der Waals surface area contributed by atoms with E-state index in [1.165, 1.54) is 18.0 Å². The summed E-state index contributed by atoms with van der Waals surface area (Å²) in [6.07, 6.45) is 5.09. The third kappa shape index (κ3) is 4.56. The van der Waals surface area contributed by atoms with Crippen LogP contribution in [0.15, 0.2) is 36.7 Å². The van der Waals surface area contributed by atoms with Gasteiger partial charge in [0.15, 0.2) is 0 Å². The van der Waals surface area contributed by atoms with Gasteiger partial charge in [-0.2, -0.15) is 0 Å². The molecule has 1 aromatic heterocycles. The highest BCUT2D eigenvalue weighted by Gasteiger charge is 2.06.